The molecule has 0 saturated heterocycles. The fourth-order valence-corrected chi connectivity index (χ4v) is 2.02. The number of nitrogens with zero attached hydrogens (tertiary/aromatic N) is 4. The van der Waals surface area contributed by atoms with Crippen molar-refractivity contribution in [2.75, 3.05) is 17.7 Å². The lowest BCUT2D eigenvalue weighted by molar-refractivity contribution is -0.137. The smallest absolute Gasteiger partial charge is 0.372 e. The zero-order valence-corrected chi connectivity index (χ0v) is 14.3. The molecule has 0 atom stereocenters. The molecule has 0 radical (unpaired) electrons. The molecule has 132 valence electrons. The standard InChI is InChI=1S/C15H21F3N6/c1-6-14(3,4)24-8-11(9(2)23-24)21-13-20-7-10(15(16,17)18)12(19-5)22-13/h7-8H,6H2,1-5H3,(H2,19,20,21,22). The number of hydrogen-bond acceptors (Lipinski definition) is 5. The van der Waals surface area contributed by atoms with E-state index in [-0.39, 0.29) is 17.3 Å². The maximum absolute atomic E-state index is 12.9. The Kier molecular flexibility index (Phi) is 4.73. The number of aryl methyl sites for hydroxylation is 1. The molecular formula is C15H21F3N6. The van der Waals surface area contributed by atoms with Gasteiger partial charge in [0, 0.05) is 19.4 Å². The van der Waals surface area contributed by atoms with Crippen LogP contribution in [-0.4, -0.2) is 26.8 Å². The summed E-state index contributed by atoms with van der Waals surface area (Å²) in [4.78, 5) is 7.66. The topological polar surface area (TPSA) is 67.7 Å². The first-order valence-corrected chi connectivity index (χ1v) is 7.54. The number of anilines is 3. The molecular weight excluding hydrogens is 321 g/mol. The zero-order valence-electron chi connectivity index (χ0n) is 14.3. The van der Waals surface area contributed by atoms with Crippen LogP contribution in [0.3, 0.4) is 0 Å². The second-order valence-corrected chi connectivity index (χ2v) is 6.07. The summed E-state index contributed by atoms with van der Waals surface area (Å²) in [5.41, 5.74) is 0.293. The van der Waals surface area contributed by atoms with Crippen molar-refractivity contribution >= 4 is 17.5 Å². The first-order valence-electron chi connectivity index (χ1n) is 7.54. The molecule has 0 aromatic carbocycles. The Labute approximate surface area is 138 Å². The lowest BCUT2D eigenvalue weighted by Gasteiger charge is -2.23. The maximum atomic E-state index is 12.9. The molecule has 0 aliphatic rings. The van der Waals surface area contributed by atoms with E-state index in [1.165, 1.54) is 7.05 Å². The molecule has 2 rings (SSSR count). The molecule has 0 aliphatic heterocycles. The van der Waals surface area contributed by atoms with Crippen LogP contribution in [0.4, 0.5) is 30.6 Å². The highest BCUT2D eigenvalue weighted by molar-refractivity contribution is 5.57. The van der Waals surface area contributed by atoms with E-state index >= 15 is 0 Å². The second kappa shape index (κ2) is 6.29. The largest absolute Gasteiger partial charge is 0.421 e. The molecule has 2 aromatic rings. The fraction of sp³-hybridized carbons (Fsp3) is 0.533. The normalized spacial score (nSPS) is 12.3. The summed E-state index contributed by atoms with van der Waals surface area (Å²) in [6, 6.07) is 0. The highest BCUT2D eigenvalue weighted by Crippen LogP contribution is 2.34. The van der Waals surface area contributed by atoms with Crippen LogP contribution < -0.4 is 10.6 Å². The van der Waals surface area contributed by atoms with Gasteiger partial charge in [0.15, 0.2) is 0 Å². The molecule has 24 heavy (non-hydrogen) atoms. The van der Waals surface area contributed by atoms with Crippen molar-refractivity contribution in [3.63, 3.8) is 0 Å². The molecule has 0 fully saturated rings. The van der Waals surface area contributed by atoms with E-state index in [4.69, 9.17) is 0 Å². The van der Waals surface area contributed by atoms with Crippen molar-refractivity contribution in [1.29, 1.82) is 0 Å². The Morgan fingerprint density at radius 1 is 1.25 bits per heavy atom. The van der Waals surface area contributed by atoms with Gasteiger partial charge in [-0.15, -0.1) is 0 Å². The van der Waals surface area contributed by atoms with Crippen LogP contribution in [0.2, 0.25) is 0 Å². The Hall–Kier alpha value is -2.32. The molecule has 6 nitrogen and oxygen atoms in total. The van der Waals surface area contributed by atoms with Gasteiger partial charge in [-0.1, -0.05) is 6.92 Å². The molecule has 0 unspecified atom stereocenters. The van der Waals surface area contributed by atoms with Crippen LogP contribution in [0.15, 0.2) is 12.4 Å². The zero-order chi connectivity index (χ0) is 18.1. The number of halogens is 3. The summed E-state index contributed by atoms with van der Waals surface area (Å²) in [6.07, 6.45) is -1.06. The van der Waals surface area contributed by atoms with E-state index in [1.54, 1.807) is 6.20 Å². The third kappa shape index (κ3) is 3.60. The average molecular weight is 342 g/mol. The first kappa shape index (κ1) is 18.0. The number of nitrogens with one attached hydrogen (secondary N) is 2. The van der Waals surface area contributed by atoms with Crippen molar-refractivity contribution in [2.45, 2.75) is 45.8 Å². The molecule has 0 aliphatic carbocycles. The number of aromatic nitrogens is 4. The van der Waals surface area contributed by atoms with Crippen LogP contribution >= 0.6 is 0 Å². The van der Waals surface area contributed by atoms with Gasteiger partial charge in [0.2, 0.25) is 5.95 Å². The van der Waals surface area contributed by atoms with Crippen molar-refractivity contribution in [3.8, 4) is 0 Å². The summed E-state index contributed by atoms with van der Waals surface area (Å²) in [7, 11) is 1.38. The summed E-state index contributed by atoms with van der Waals surface area (Å²) >= 11 is 0. The molecule has 0 bridgehead atoms. The Morgan fingerprint density at radius 2 is 1.92 bits per heavy atom. The van der Waals surface area contributed by atoms with E-state index in [0.717, 1.165) is 12.6 Å². The lowest BCUT2D eigenvalue weighted by Crippen LogP contribution is -2.25. The molecule has 9 heteroatoms. The minimum absolute atomic E-state index is 0.0734. The molecule has 0 saturated carbocycles. The third-order valence-electron chi connectivity index (χ3n) is 3.96. The van der Waals surface area contributed by atoms with Gasteiger partial charge in [0.05, 0.1) is 16.9 Å². The summed E-state index contributed by atoms with van der Waals surface area (Å²) in [6.45, 7) is 7.98. The van der Waals surface area contributed by atoms with Crippen molar-refractivity contribution in [1.82, 2.24) is 19.7 Å². The average Bonchev–Trinajstić information content (AvgIpc) is 2.88. The Bertz CT molecular complexity index is 720. The molecule has 0 amide bonds. The van der Waals surface area contributed by atoms with Crippen LogP contribution in [0.1, 0.15) is 38.4 Å². The van der Waals surface area contributed by atoms with Crippen molar-refractivity contribution in [2.24, 2.45) is 0 Å². The van der Waals surface area contributed by atoms with Crippen LogP contribution in [0.5, 0.6) is 0 Å². The third-order valence-corrected chi connectivity index (χ3v) is 3.96. The van der Waals surface area contributed by atoms with Gasteiger partial charge in [-0.3, -0.25) is 4.68 Å². The lowest BCUT2D eigenvalue weighted by atomic mass is 10.0. The summed E-state index contributed by atoms with van der Waals surface area (Å²) in [5.74, 6) is -0.205. The highest BCUT2D eigenvalue weighted by Gasteiger charge is 2.35. The minimum Gasteiger partial charge on any atom is -0.372 e. The predicted molar refractivity (Wildman–Crippen MR) is 86.4 cm³/mol. The molecule has 2 aromatic heterocycles. The van der Waals surface area contributed by atoms with Crippen LogP contribution in [-0.2, 0) is 11.7 Å². The molecule has 2 N–H and O–H groups in total. The first-order chi connectivity index (χ1) is 11.1. The molecule has 2 heterocycles. The van der Waals surface area contributed by atoms with Crippen molar-refractivity contribution in [3.05, 3.63) is 23.7 Å². The van der Waals surface area contributed by atoms with E-state index in [1.807, 2.05) is 11.6 Å². The maximum Gasteiger partial charge on any atom is 0.421 e. The Balaban J connectivity index is 2.32. The van der Waals surface area contributed by atoms with Gasteiger partial charge in [-0.05, 0) is 27.2 Å². The number of rotatable bonds is 5. The van der Waals surface area contributed by atoms with Gasteiger partial charge in [-0.25, -0.2) is 4.98 Å². The SMILES string of the molecule is CCC(C)(C)n1cc(Nc2ncc(C(F)(F)F)c(NC)n2)c(C)n1. The Morgan fingerprint density at radius 3 is 2.46 bits per heavy atom. The van der Waals surface area contributed by atoms with Gasteiger partial charge in [0.25, 0.3) is 0 Å². The van der Waals surface area contributed by atoms with Crippen molar-refractivity contribution < 1.29 is 13.2 Å². The second-order valence-electron chi connectivity index (χ2n) is 6.07. The quantitative estimate of drug-likeness (QED) is 0.862. The van der Waals surface area contributed by atoms with Crippen LogP contribution in [0, 0.1) is 6.92 Å². The predicted octanol–water partition coefficient (Wildman–Crippen LogP) is 3.93. The monoisotopic (exact) mass is 342 g/mol. The van der Waals surface area contributed by atoms with E-state index in [9.17, 15) is 13.2 Å². The van der Waals surface area contributed by atoms with E-state index < -0.39 is 11.7 Å². The van der Waals surface area contributed by atoms with Gasteiger partial charge in [0.1, 0.15) is 11.4 Å². The fourth-order valence-electron chi connectivity index (χ4n) is 2.02. The number of alkyl halides is 3. The summed E-state index contributed by atoms with van der Waals surface area (Å²) < 4.78 is 40.5. The highest BCUT2D eigenvalue weighted by atomic mass is 19.4. The van der Waals surface area contributed by atoms with Gasteiger partial charge >= 0.3 is 6.18 Å². The van der Waals surface area contributed by atoms with Crippen LogP contribution in [0.25, 0.3) is 0 Å². The van der Waals surface area contributed by atoms with E-state index in [2.05, 4.69) is 46.5 Å². The molecule has 0 spiro atoms. The summed E-state index contributed by atoms with van der Waals surface area (Å²) in [5, 5.41) is 9.83. The van der Waals surface area contributed by atoms with Gasteiger partial charge in [-0.2, -0.15) is 23.3 Å². The minimum atomic E-state index is -4.51. The number of hydrogen-bond donors (Lipinski definition) is 2. The van der Waals surface area contributed by atoms with Gasteiger partial charge < -0.3 is 10.6 Å². The van der Waals surface area contributed by atoms with E-state index in [0.29, 0.717) is 11.4 Å².